The standard InChI is InChI=1S/C28H26O6/c1-17(2)25(30)16-23-22(11-8-12-26(23)34-28(32)19(5)6)24(29)14-13-20-9-7-10-21(15-20)33-27(31)18(3)4/h7-15H,1,3,5,16H2,2,4,6H3/b14-13+. The summed E-state index contributed by atoms with van der Waals surface area (Å²) in [6.45, 7) is 15.4. The van der Waals surface area contributed by atoms with E-state index in [0.29, 0.717) is 16.9 Å². The minimum Gasteiger partial charge on any atom is -0.423 e. The predicted molar refractivity (Wildman–Crippen MR) is 131 cm³/mol. The third-order valence-electron chi connectivity index (χ3n) is 4.61. The molecule has 0 heterocycles. The first-order valence-electron chi connectivity index (χ1n) is 10.4. The normalized spacial score (nSPS) is 10.4. The highest BCUT2D eigenvalue weighted by molar-refractivity contribution is 6.09. The number of carbonyl (C=O) groups is 4. The number of rotatable bonds is 10. The molecule has 34 heavy (non-hydrogen) atoms. The molecular formula is C28H26O6. The Balaban J connectivity index is 2.38. The number of carbonyl (C=O) groups excluding carboxylic acids is 4. The Morgan fingerprint density at radius 3 is 2.06 bits per heavy atom. The summed E-state index contributed by atoms with van der Waals surface area (Å²) < 4.78 is 10.6. The third kappa shape index (κ3) is 7.10. The van der Waals surface area contributed by atoms with E-state index in [9.17, 15) is 19.2 Å². The van der Waals surface area contributed by atoms with Crippen molar-refractivity contribution in [1.29, 1.82) is 0 Å². The van der Waals surface area contributed by atoms with Gasteiger partial charge in [-0.15, -0.1) is 0 Å². The maximum atomic E-state index is 13.0. The van der Waals surface area contributed by atoms with Crippen LogP contribution in [0, 0.1) is 0 Å². The monoisotopic (exact) mass is 458 g/mol. The van der Waals surface area contributed by atoms with E-state index < -0.39 is 17.7 Å². The van der Waals surface area contributed by atoms with Crippen LogP contribution in [0.3, 0.4) is 0 Å². The van der Waals surface area contributed by atoms with Crippen LogP contribution in [0.2, 0.25) is 0 Å². The molecule has 174 valence electrons. The molecule has 2 aromatic carbocycles. The van der Waals surface area contributed by atoms with Gasteiger partial charge in [-0.3, -0.25) is 9.59 Å². The average molecular weight is 459 g/mol. The topological polar surface area (TPSA) is 86.7 Å². The third-order valence-corrected chi connectivity index (χ3v) is 4.61. The minimum atomic E-state index is -0.662. The molecule has 0 aliphatic rings. The van der Waals surface area contributed by atoms with Gasteiger partial charge in [0.25, 0.3) is 0 Å². The molecule has 0 aromatic heterocycles. The maximum absolute atomic E-state index is 13.0. The number of benzene rings is 2. The largest absolute Gasteiger partial charge is 0.423 e. The minimum absolute atomic E-state index is 0.107. The number of allylic oxidation sites excluding steroid dienone is 2. The van der Waals surface area contributed by atoms with Crippen molar-refractivity contribution < 1.29 is 28.7 Å². The number of esters is 2. The summed E-state index contributed by atoms with van der Waals surface area (Å²) in [5.74, 6) is -1.49. The van der Waals surface area contributed by atoms with E-state index in [1.54, 1.807) is 56.3 Å². The molecule has 0 aliphatic carbocycles. The van der Waals surface area contributed by atoms with Gasteiger partial charge >= 0.3 is 11.9 Å². The predicted octanol–water partition coefficient (Wildman–Crippen LogP) is 5.23. The lowest BCUT2D eigenvalue weighted by molar-refractivity contribution is -0.131. The molecule has 2 aromatic rings. The van der Waals surface area contributed by atoms with Crippen LogP contribution in [0.1, 0.15) is 42.3 Å². The highest BCUT2D eigenvalue weighted by Gasteiger charge is 2.19. The van der Waals surface area contributed by atoms with Gasteiger partial charge < -0.3 is 9.47 Å². The fourth-order valence-corrected chi connectivity index (χ4v) is 2.71. The molecule has 6 heteroatoms. The molecule has 0 N–H and O–H groups in total. The Morgan fingerprint density at radius 1 is 0.824 bits per heavy atom. The summed E-state index contributed by atoms with van der Waals surface area (Å²) >= 11 is 0. The number of hydrogen-bond acceptors (Lipinski definition) is 6. The van der Waals surface area contributed by atoms with E-state index in [0.717, 1.165) is 0 Å². The van der Waals surface area contributed by atoms with Crippen molar-refractivity contribution in [2.45, 2.75) is 27.2 Å². The number of Topliss-reactive ketones (excluding diaryl/α,β-unsaturated/α-hetero) is 1. The summed E-state index contributed by atoms with van der Waals surface area (Å²) in [6.07, 6.45) is 2.72. The van der Waals surface area contributed by atoms with Gasteiger partial charge in [0, 0.05) is 28.7 Å². The van der Waals surface area contributed by atoms with Gasteiger partial charge in [0.05, 0.1) is 0 Å². The SMILES string of the molecule is C=C(C)C(=O)Cc1c(OC(=O)C(=C)C)cccc1C(=O)/C=C/c1cccc(OC(=O)C(=C)C)c1. The average Bonchev–Trinajstić information content (AvgIpc) is 2.78. The van der Waals surface area contributed by atoms with Gasteiger partial charge in [-0.1, -0.05) is 50.1 Å². The number of ether oxygens (including phenoxy) is 2. The molecule has 0 bridgehead atoms. The van der Waals surface area contributed by atoms with Crippen molar-refractivity contribution in [3.8, 4) is 11.5 Å². The molecule has 2 rings (SSSR count). The lowest BCUT2D eigenvalue weighted by Gasteiger charge is -2.13. The summed E-state index contributed by atoms with van der Waals surface area (Å²) in [5.41, 5.74) is 1.87. The summed E-state index contributed by atoms with van der Waals surface area (Å²) in [6, 6.07) is 11.3. The van der Waals surface area contributed by atoms with E-state index in [1.807, 2.05) is 0 Å². The van der Waals surface area contributed by atoms with Crippen LogP contribution < -0.4 is 9.47 Å². The van der Waals surface area contributed by atoms with Crippen LogP contribution in [-0.4, -0.2) is 23.5 Å². The summed E-state index contributed by atoms with van der Waals surface area (Å²) in [4.78, 5) is 49.2. The highest BCUT2D eigenvalue weighted by Crippen LogP contribution is 2.26. The van der Waals surface area contributed by atoms with Crippen molar-refractivity contribution >= 4 is 29.6 Å². The second kappa shape index (κ2) is 11.5. The van der Waals surface area contributed by atoms with Gasteiger partial charge in [0.15, 0.2) is 11.6 Å². The number of hydrogen-bond donors (Lipinski definition) is 0. The Kier molecular flexibility index (Phi) is 8.79. The molecule has 0 unspecified atom stereocenters. The molecular weight excluding hydrogens is 432 g/mol. The first kappa shape index (κ1) is 25.9. The molecule has 0 amide bonds. The zero-order valence-electron chi connectivity index (χ0n) is 19.5. The van der Waals surface area contributed by atoms with Crippen molar-refractivity contribution in [3.63, 3.8) is 0 Å². The van der Waals surface area contributed by atoms with Gasteiger partial charge in [-0.05, 0) is 56.2 Å². The second-order valence-corrected chi connectivity index (χ2v) is 7.77. The molecule has 0 spiro atoms. The van der Waals surface area contributed by atoms with Gasteiger partial charge in [0.2, 0.25) is 0 Å². The number of ketones is 2. The van der Waals surface area contributed by atoms with Crippen LogP contribution in [0.4, 0.5) is 0 Å². The summed E-state index contributed by atoms with van der Waals surface area (Å²) in [7, 11) is 0. The van der Waals surface area contributed by atoms with E-state index in [-0.39, 0.29) is 40.2 Å². The molecule has 0 radical (unpaired) electrons. The van der Waals surface area contributed by atoms with E-state index in [2.05, 4.69) is 19.7 Å². The van der Waals surface area contributed by atoms with Crippen LogP contribution in [0.25, 0.3) is 6.08 Å². The zero-order chi connectivity index (χ0) is 25.4. The molecule has 0 aliphatic heterocycles. The van der Waals surface area contributed by atoms with Crippen LogP contribution in [0.15, 0.2) is 85.0 Å². The van der Waals surface area contributed by atoms with Crippen LogP contribution >= 0.6 is 0 Å². The molecule has 0 atom stereocenters. The smallest absolute Gasteiger partial charge is 0.338 e. The molecule has 6 nitrogen and oxygen atoms in total. The van der Waals surface area contributed by atoms with Crippen molar-refractivity contribution in [1.82, 2.24) is 0 Å². The summed E-state index contributed by atoms with van der Waals surface area (Å²) in [5, 5.41) is 0. The lowest BCUT2D eigenvalue weighted by Crippen LogP contribution is -2.14. The van der Waals surface area contributed by atoms with E-state index in [4.69, 9.17) is 9.47 Å². The first-order valence-corrected chi connectivity index (χ1v) is 10.4. The van der Waals surface area contributed by atoms with Crippen molar-refractivity contribution in [2.24, 2.45) is 0 Å². The van der Waals surface area contributed by atoms with E-state index in [1.165, 1.54) is 19.1 Å². The van der Waals surface area contributed by atoms with Crippen molar-refractivity contribution in [3.05, 3.63) is 102 Å². The fourth-order valence-electron chi connectivity index (χ4n) is 2.71. The molecule has 0 fully saturated rings. The highest BCUT2D eigenvalue weighted by atomic mass is 16.5. The quantitative estimate of drug-likeness (QED) is 0.210. The van der Waals surface area contributed by atoms with Crippen LogP contribution in [0.5, 0.6) is 11.5 Å². The molecule has 0 saturated carbocycles. The van der Waals surface area contributed by atoms with Crippen LogP contribution in [-0.2, 0) is 20.8 Å². The first-order chi connectivity index (χ1) is 16.0. The molecule has 0 saturated heterocycles. The maximum Gasteiger partial charge on any atom is 0.338 e. The lowest BCUT2D eigenvalue weighted by atomic mass is 9.95. The Bertz CT molecular complexity index is 1230. The Morgan fingerprint density at radius 2 is 1.44 bits per heavy atom. The van der Waals surface area contributed by atoms with Gasteiger partial charge in [-0.2, -0.15) is 0 Å². The second-order valence-electron chi connectivity index (χ2n) is 7.77. The van der Waals surface area contributed by atoms with E-state index >= 15 is 0 Å². The Labute approximate surface area is 198 Å². The fraction of sp³-hybridized carbons (Fsp3) is 0.143. The van der Waals surface area contributed by atoms with Gasteiger partial charge in [-0.25, -0.2) is 9.59 Å². The van der Waals surface area contributed by atoms with Gasteiger partial charge in [0.1, 0.15) is 11.5 Å². The van der Waals surface area contributed by atoms with Crippen molar-refractivity contribution in [2.75, 3.05) is 0 Å². The Hall–Kier alpha value is -4.32. The zero-order valence-corrected chi connectivity index (χ0v) is 19.5.